The number of nitrogens with zero attached hydrogens (tertiary/aromatic N) is 1. The van der Waals surface area contributed by atoms with Crippen molar-refractivity contribution < 1.29 is 4.79 Å². The van der Waals surface area contributed by atoms with Crippen LogP contribution in [0.15, 0.2) is 29.4 Å². The van der Waals surface area contributed by atoms with Crippen molar-refractivity contribution in [1.82, 2.24) is 5.43 Å². The molecule has 0 heterocycles. The van der Waals surface area contributed by atoms with E-state index < -0.39 is 0 Å². The van der Waals surface area contributed by atoms with Gasteiger partial charge in [0.15, 0.2) is 0 Å². The summed E-state index contributed by atoms with van der Waals surface area (Å²) in [4.78, 5) is 11.4. The van der Waals surface area contributed by atoms with Crippen molar-refractivity contribution in [3.63, 3.8) is 0 Å². The average molecular weight is 253 g/mol. The second kappa shape index (κ2) is 7.07. The Morgan fingerprint density at radius 2 is 2.00 bits per heavy atom. The van der Waals surface area contributed by atoms with Crippen LogP contribution in [0.2, 0.25) is 5.02 Å². The molecule has 1 amide bonds. The molecule has 0 saturated carbocycles. The SMILES string of the molecule is CCCCC(=O)N/N=C(/C)c1ccc(Cl)cc1. The predicted octanol–water partition coefficient (Wildman–Crippen LogP) is 3.37. The molecule has 17 heavy (non-hydrogen) atoms. The molecule has 0 aromatic heterocycles. The number of amides is 1. The summed E-state index contributed by atoms with van der Waals surface area (Å²) in [5, 5.41) is 4.74. The number of hydrogen-bond donors (Lipinski definition) is 1. The molecule has 0 spiro atoms. The number of halogens is 1. The normalized spacial score (nSPS) is 11.4. The van der Waals surface area contributed by atoms with Gasteiger partial charge in [-0.05, 0) is 31.0 Å². The molecule has 0 bridgehead atoms. The third-order valence-electron chi connectivity index (χ3n) is 2.37. The molecule has 0 unspecified atom stereocenters. The maximum absolute atomic E-state index is 11.4. The maximum atomic E-state index is 11.4. The van der Waals surface area contributed by atoms with Crippen molar-refractivity contribution in [3.05, 3.63) is 34.9 Å². The zero-order valence-corrected chi connectivity index (χ0v) is 10.9. The van der Waals surface area contributed by atoms with Crippen LogP contribution >= 0.6 is 11.6 Å². The lowest BCUT2D eigenvalue weighted by Crippen LogP contribution is -2.18. The Balaban J connectivity index is 2.54. The van der Waals surface area contributed by atoms with Gasteiger partial charge in [-0.3, -0.25) is 4.79 Å². The van der Waals surface area contributed by atoms with Crippen LogP contribution in [0.1, 0.15) is 38.7 Å². The lowest BCUT2D eigenvalue weighted by atomic mass is 10.1. The Hall–Kier alpha value is -1.35. The molecule has 0 atom stereocenters. The molecule has 1 aromatic carbocycles. The first kappa shape index (κ1) is 13.7. The first-order valence-corrected chi connectivity index (χ1v) is 6.10. The van der Waals surface area contributed by atoms with Gasteiger partial charge in [0.1, 0.15) is 0 Å². The zero-order chi connectivity index (χ0) is 12.7. The van der Waals surface area contributed by atoms with Crippen LogP contribution in [0.3, 0.4) is 0 Å². The summed E-state index contributed by atoms with van der Waals surface area (Å²) in [5.74, 6) is -0.0415. The summed E-state index contributed by atoms with van der Waals surface area (Å²) >= 11 is 5.79. The first-order valence-electron chi connectivity index (χ1n) is 5.72. The van der Waals surface area contributed by atoms with Gasteiger partial charge in [0.05, 0.1) is 5.71 Å². The standard InChI is InChI=1S/C13H17ClN2O/c1-3-4-5-13(17)16-15-10(2)11-6-8-12(14)9-7-11/h6-9H,3-5H2,1-2H3,(H,16,17)/b15-10-. The predicted molar refractivity (Wildman–Crippen MR) is 71.3 cm³/mol. The highest BCUT2D eigenvalue weighted by Gasteiger charge is 2.00. The summed E-state index contributed by atoms with van der Waals surface area (Å²) < 4.78 is 0. The smallest absolute Gasteiger partial charge is 0.240 e. The molecule has 92 valence electrons. The number of benzene rings is 1. The van der Waals surface area contributed by atoms with E-state index in [0.717, 1.165) is 24.1 Å². The quantitative estimate of drug-likeness (QED) is 0.634. The topological polar surface area (TPSA) is 41.5 Å². The number of hydrogen-bond acceptors (Lipinski definition) is 2. The third kappa shape index (κ3) is 5.00. The summed E-state index contributed by atoms with van der Waals surface area (Å²) in [7, 11) is 0. The summed E-state index contributed by atoms with van der Waals surface area (Å²) in [6.45, 7) is 3.90. The van der Waals surface area contributed by atoms with Crippen molar-refractivity contribution in [3.8, 4) is 0 Å². The van der Waals surface area contributed by atoms with E-state index in [1.165, 1.54) is 0 Å². The number of unbranched alkanes of at least 4 members (excludes halogenated alkanes) is 1. The van der Waals surface area contributed by atoms with Gasteiger partial charge in [-0.15, -0.1) is 0 Å². The molecule has 1 N–H and O–H groups in total. The molecule has 0 aliphatic heterocycles. The van der Waals surface area contributed by atoms with E-state index in [1.54, 1.807) is 12.1 Å². The van der Waals surface area contributed by atoms with E-state index in [2.05, 4.69) is 17.5 Å². The molecule has 0 aliphatic rings. The van der Waals surface area contributed by atoms with Gasteiger partial charge >= 0.3 is 0 Å². The fourth-order valence-corrected chi connectivity index (χ4v) is 1.42. The Morgan fingerprint density at radius 1 is 1.35 bits per heavy atom. The van der Waals surface area contributed by atoms with Gasteiger partial charge in [0.25, 0.3) is 0 Å². The molecule has 0 fully saturated rings. The maximum Gasteiger partial charge on any atom is 0.240 e. The molecule has 0 saturated heterocycles. The number of hydrazone groups is 1. The molecule has 1 rings (SSSR count). The number of carbonyl (C=O) groups is 1. The minimum Gasteiger partial charge on any atom is -0.273 e. The lowest BCUT2D eigenvalue weighted by Gasteiger charge is -2.02. The average Bonchev–Trinajstić information content (AvgIpc) is 2.34. The molecular weight excluding hydrogens is 236 g/mol. The van der Waals surface area contributed by atoms with Crippen molar-refractivity contribution in [1.29, 1.82) is 0 Å². The summed E-state index contributed by atoms with van der Waals surface area (Å²) in [6.07, 6.45) is 2.42. The van der Waals surface area contributed by atoms with Crippen LogP contribution in [0.25, 0.3) is 0 Å². The Labute approximate surface area is 107 Å². The van der Waals surface area contributed by atoms with E-state index in [0.29, 0.717) is 11.4 Å². The minimum atomic E-state index is -0.0415. The van der Waals surface area contributed by atoms with Gasteiger partial charge in [-0.2, -0.15) is 5.10 Å². The number of carbonyl (C=O) groups excluding carboxylic acids is 1. The van der Waals surface area contributed by atoms with Crippen LogP contribution in [-0.4, -0.2) is 11.6 Å². The highest BCUT2D eigenvalue weighted by Crippen LogP contribution is 2.10. The van der Waals surface area contributed by atoms with E-state index >= 15 is 0 Å². The van der Waals surface area contributed by atoms with Gasteiger partial charge < -0.3 is 0 Å². The molecule has 1 aromatic rings. The Bertz CT molecular complexity index is 398. The lowest BCUT2D eigenvalue weighted by molar-refractivity contribution is -0.121. The van der Waals surface area contributed by atoms with Crippen molar-refractivity contribution >= 4 is 23.2 Å². The fourth-order valence-electron chi connectivity index (χ4n) is 1.30. The minimum absolute atomic E-state index is 0.0415. The third-order valence-corrected chi connectivity index (χ3v) is 2.62. The van der Waals surface area contributed by atoms with E-state index in [4.69, 9.17) is 11.6 Å². The van der Waals surface area contributed by atoms with Crippen LogP contribution in [0.5, 0.6) is 0 Å². The van der Waals surface area contributed by atoms with Gasteiger partial charge in [0, 0.05) is 11.4 Å². The second-order valence-electron chi connectivity index (χ2n) is 3.84. The van der Waals surface area contributed by atoms with Crippen molar-refractivity contribution in [2.45, 2.75) is 33.1 Å². The van der Waals surface area contributed by atoms with Crippen LogP contribution < -0.4 is 5.43 Å². The fraction of sp³-hybridized carbons (Fsp3) is 0.385. The molecule has 0 radical (unpaired) electrons. The van der Waals surface area contributed by atoms with Gasteiger partial charge in [-0.25, -0.2) is 5.43 Å². The van der Waals surface area contributed by atoms with Crippen LogP contribution in [0, 0.1) is 0 Å². The highest BCUT2D eigenvalue weighted by molar-refractivity contribution is 6.30. The molecule has 3 nitrogen and oxygen atoms in total. The number of rotatable bonds is 5. The second-order valence-corrected chi connectivity index (χ2v) is 4.28. The summed E-state index contributed by atoms with van der Waals surface area (Å²) in [6, 6.07) is 7.35. The largest absolute Gasteiger partial charge is 0.273 e. The molecule has 4 heteroatoms. The van der Waals surface area contributed by atoms with Gasteiger partial charge in [-0.1, -0.05) is 37.1 Å². The van der Waals surface area contributed by atoms with Gasteiger partial charge in [0.2, 0.25) is 5.91 Å². The van der Waals surface area contributed by atoms with E-state index in [9.17, 15) is 4.79 Å². The van der Waals surface area contributed by atoms with Crippen molar-refractivity contribution in [2.24, 2.45) is 5.10 Å². The molecular formula is C13H17ClN2O. The summed E-state index contributed by atoms with van der Waals surface area (Å²) in [5.41, 5.74) is 4.27. The monoisotopic (exact) mass is 252 g/mol. The molecule has 0 aliphatic carbocycles. The number of nitrogens with one attached hydrogen (secondary N) is 1. The first-order chi connectivity index (χ1) is 8.13. The highest BCUT2D eigenvalue weighted by atomic mass is 35.5. The Morgan fingerprint density at radius 3 is 2.59 bits per heavy atom. The van der Waals surface area contributed by atoms with Crippen LogP contribution in [0.4, 0.5) is 0 Å². The van der Waals surface area contributed by atoms with E-state index in [1.807, 2.05) is 19.1 Å². The van der Waals surface area contributed by atoms with E-state index in [-0.39, 0.29) is 5.91 Å². The van der Waals surface area contributed by atoms with Crippen molar-refractivity contribution in [2.75, 3.05) is 0 Å². The Kier molecular flexibility index (Phi) is 5.70. The zero-order valence-electron chi connectivity index (χ0n) is 10.2. The van der Waals surface area contributed by atoms with Crippen LogP contribution in [-0.2, 0) is 4.79 Å².